The van der Waals surface area contributed by atoms with Crippen molar-refractivity contribution < 1.29 is 9.59 Å². The molecule has 0 radical (unpaired) electrons. The third-order valence-corrected chi connectivity index (χ3v) is 10.7. The lowest BCUT2D eigenvalue weighted by atomic mass is 10.2. The maximum Gasteiger partial charge on any atom is 0.279 e. The zero-order chi connectivity index (χ0) is 21.8. The number of carbonyl (C=O) groups is 2. The van der Waals surface area contributed by atoms with E-state index in [1.165, 1.54) is 0 Å². The number of hydrogen-bond donors (Lipinski definition) is 0. The molecule has 0 saturated carbocycles. The fourth-order valence-electron chi connectivity index (χ4n) is 3.81. The molecular weight excluding hydrogens is 532 g/mol. The molecule has 152 valence electrons. The molecule has 0 aliphatic carbocycles. The molecule has 0 aliphatic heterocycles. The Hall–Kier alpha value is -2.60. The summed E-state index contributed by atoms with van der Waals surface area (Å²) in [6.45, 7) is 0. The Bertz CT molecular complexity index is 1110. The van der Waals surface area contributed by atoms with Crippen LogP contribution in [0.15, 0.2) is 118 Å². The van der Waals surface area contributed by atoms with Gasteiger partial charge in [-0.25, -0.2) is 0 Å². The minimum Gasteiger partial charge on any atom is -0.299 e. The quantitative estimate of drug-likeness (QED) is 0.292. The number of rotatable bonds is 6. The van der Waals surface area contributed by atoms with E-state index in [2.05, 4.69) is 31.9 Å². The molecule has 0 fully saturated rings. The maximum absolute atomic E-state index is 14.3. The van der Waals surface area contributed by atoms with Gasteiger partial charge >= 0.3 is 0 Å². The Kier molecular flexibility index (Phi) is 6.46. The summed E-state index contributed by atoms with van der Waals surface area (Å²) < 4.78 is 1.77. The second-order valence-corrected chi connectivity index (χ2v) is 12.5. The number of benzene rings is 4. The van der Waals surface area contributed by atoms with Crippen molar-refractivity contribution in [2.45, 2.75) is 0 Å². The summed E-state index contributed by atoms with van der Waals surface area (Å²) in [5, 5.41) is 1.32. The molecule has 0 N–H and O–H groups in total. The highest BCUT2D eigenvalue weighted by Gasteiger charge is 2.52. The van der Waals surface area contributed by atoms with Gasteiger partial charge in [-0.15, -0.1) is 0 Å². The van der Waals surface area contributed by atoms with Crippen LogP contribution in [-0.4, -0.2) is 18.9 Å². The van der Waals surface area contributed by atoms with Gasteiger partial charge < -0.3 is 0 Å². The first kappa shape index (κ1) is 21.6. The second kappa shape index (κ2) is 9.26. The molecule has 0 amide bonds. The van der Waals surface area contributed by atoms with Gasteiger partial charge in [-0.1, -0.05) is 117 Å². The van der Waals surface area contributed by atoms with Crippen molar-refractivity contribution in [3.8, 4) is 0 Å². The van der Waals surface area contributed by atoms with Crippen LogP contribution in [0.25, 0.3) is 0 Å². The summed E-state index contributed by atoms with van der Waals surface area (Å²) in [6.07, 6.45) is 0. The lowest BCUT2D eigenvalue weighted by molar-refractivity contribution is 0.103. The molecule has 0 saturated heterocycles. The molecule has 4 aromatic carbocycles. The summed E-state index contributed by atoms with van der Waals surface area (Å²) in [4.78, 5) is 28.6. The SMILES string of the molecule is O=C(c1ccc(Br)cc1)[Si](C(=O)c1ccc(Br)cc1)(c1ccccc1)c1ccccc1. The normalized spacial score (nSPS) is 11.2. The standard InChI is InChI=1S/C26H18Br2O2Si/c27-21-15-11-19(12-16-21)25(29)31(23-7-3-1-4-8-23,24-9-5-2-6-10-24)26(30)20-13-17-22(28)18-14-20/h1-18H. The van der Waals surface area contributed by atoms with E-state index in [0.717, 1.165) is 19.3 Å². The van der Waals surface area contributed by atoms with Gasteiger partial charge in [-0.2, -0.15) is 0 Å². The molecular formula is C26H18Br2O2Si. The highest BCUT2D eigenvalue weighted by Crippen LogP contribution is 2.22. The molecule has 0 heterocycles. The Morgan fingerprint density at radius 3 is 1.13 bits per heavy atom. The van der Waals surface area contributed by atoms with E-state index in [9.17, 15) is 9.59 Å². The van der Waals surface area contributed by atoms with Crippen LogP contribution in [0.3, 0.4) is 0 Å². The molecule has 0 aromatic heterocycles. The minimum absolute atomic E-state index is 0.120. The van der Waals surface area contributed by atoms with Gasteiger partial charge in [0.1, 0.15) is 0 Å². The number of carbonyl (C=O) groups excluding carboxylic acids is 2. The van der Waals surface area contributed by atoms with Crippen molar-refractivity contribution in [3.63, 3.8) is 0 Å². The van der Waals surface area contributed by atoms with Crippen LogP contribution in [0.2, 0.25) is 0 Å². The highest BCUT2D eigenvalue weighted by molar-refractivity contribution is 9.10. The monoisotopic (exact) mass is 548 g/mol. The molecule has 0 bridgehead atoms. The van der Waals surface area contributed by atoms with Crippen LogP contribution in [0, 0.1) is 0 Å². The summed E-state index contributed by atoms with van der Waals surface area (Å²) >= 11 is 6.87. The molecule has 2 nitrogen and oxygen atoms in total. The fraction of sp³-hybridized carbons (Fsp3) is 0. The Morgan fingerprint density at radius 2 is 0.806 bits per heavy atom. The van der Waals surface area contributed by atoms with Gasteiger partial charge in [0.15, 0.2) is 10.8 Å². The van der Waals surface area contributed by atoms with Gasteiger partial charge in [0, 0.05) is 20.1 Å². The highest BCUT2D eigenvalue weighted by atomic mass is 79.9. The number of halogens is 2. The van der Waals surface area contributed by atoms with E-state index < -0.39 is 8.07 Å². The van der Waals surface area contributed by atoms with Gasteiger partial charge in [-0.05, 0) is 34.6 Å². The molecule has 4 rings (SSSR count). The maximum atomic E-state index is 14.3. The lowest BCUT2D eigenvalue weighted by Crippen LogP contribution is -2.70. The summed E-state index contributed by atoms with van der Waals surface area (Å²) in [7, 11) is -3.58. The first-order valence-electron chi connectivity index (χ1n) is 9.75. The molecule has 0 spiro atoms. The van der Waals surface area contributed by atoms with E-state index in [-0.39, 0.29) is 10.8 Å². The average molecular weight is 550 g/mol. The molecule has 31 heavy (non-hydrogen) atoms. The average Bonchev–Trinajstić information content (AvgIpc) is 2.82. The van der Waals surface area contributed by atoms with Crippen molar-refractivity contribution in [3.05, 3.63) is 129 Å². The third kappa shape index (κ3) is 4.13. The van der Waals surface area contributed by atoms with Crippen LogP contribution in [0.5, 0.6) is 0 Å². The van der Waals surface area contributed by atoms with Crippen LogP contribution in [0.1, 0.15) is 20.7 Å². The summed E-state index contributed by atoms with van der Waals surface area (Å²) in [5.41, 5.74) is 1.07. The van der Waals surface area contributed by atoms with E-state index in [1.807, 2.05) is 84.9 Å². The molecule has 4 aromatic rings. The van der Waals surface area contributed by atoms with Crippen molar-refractivity contribution in [1.29, 1.82) is 0 Å². The third-order valence-electron chi connectivity index (χ3n) is 5.31. The lowest BCUT2D eigenvalue weighted by Gasteiger charge is -2.30. The fourth-order valence-corrected chi connectivity index (χ4v) is 8.51. The van der Waals surface area contributed by atoms with Crippen LogP contribution in [0.4, 0.5) is 0 Å². The van der Waals surface area contributed by atoms with Crippen LogP contribution in [-0.2, 0) is 0 Å². The Balaban J connectivity index is 2.04. The minimum atomic E-state index is -3.58. The van der Waals surface area contributed by atoms with Crippen molar-refractivity contribution in [2.24, 2.45) is 0 Å². The van der Waals surface area contributed by atoms with E-state index in [0.29, 0.717) is 11.1 Å². The van der Waals surface area contributed by atoms with Crippen molar-refractivity contribution in [1.82, 2.24) is 0 Å². The summed E-state index contributed by atoms with van der Waals surface area (Å²) in [5.74, 6) is 0. The van der Waals surface area contributed by atoms with Crippen LogP contribution >= 0.6 is 31.9 Å². The first-order valence-corrected chi connectivity index (χ1v) is 13.3. The molecule has 5 heteroatoms. The van der Waals surface area contributed by atoms with Gasteiger partial charge in [-0.3, -0.25) is 9.59 Å². The van der Waals surface area contributed by atoms with Crippen LogP contribution < -0.4 is 10.4 Å². The van der Waals surface area contributed by atoms with E-state index in [1.54, 1.807) is 24.3 Å². The Labute approximate surface area is 199 Å². The predicted molar refractivity (Wildman–Crippen MR) is 135 cm³/mol. The van der Waals surface area contributed by atoms with Gasteiger partial charge in [0.2, 0.25) is 0 Å². The molecule has 0 atom stereocenters. The smallest absolute Gasteiger partial charge is 0.279 e. The van der Waals surface area contributed by atoms with E-state index in [4.69, 9.17) is 0 Å². The zero-order valence-electron chi connectivity index (χ0n) is 16.5. The topological polar surface area (TPSA) is 34.1 Å². The van der Waals surface area contributed by atoms with Gasteiger partial charge in [0.05, 0.1) is 0 Å². The number of hydrogen-bond acceptors (Lipinski definition) is 2. The summed E-state index contributed by atoms with van der Waals surface area (Å²) in [6, 6.07) is 33.5. The van der Waals surface area contributed by atoms with E-state index >= 15 is 0 Å². The van der Waals surface area contributed by atoms with Crippen molar-refractivity contribution in [2.75, 3.05) is 0 Å². The van der Waals surface area contributed by atoms with Crippen molar-refractivity contribution >= 4 is 61.1 Å². The molecule has 0 unspecified atom stereocenters. The molecule has 0 aliphatic rings. The van der Waals surface area contributed by atoms with Gasteiger partial charge in [0.25, 0.3) is 8.07 Å². The zero-order valence-corrected chi connectivity index (χ0v) is 20.6. The Morgan fingerprint density at radius 1 is 0.484 bits per heavy atom. The second-order valence-electron chi connectivity index (χ2n) is 7.15. The first-order chi connectivity index (χ1) is 15.0. The largest absolute Gasteiger partial charge is 0.299 e. The predicted octanol–water partition coefficient (Wildman–Crippen LogP) is 5.62.